The van der Waals surface area contributed by atoms with Crippen LogP contribution in [0.2, 0.25) is 10.0 Å². The highest BCUT2D eigenvalue weighted by molar-refractivity contribution is 9.10. The molecule has 9 heteroatoms. The minimum Gasteiger partial charge on any atom is -0.484 e. The second-order valence-electron chi connectivity index (χ2n) is 6.24. The maximum atomic E-state index is 12.1. The quantitative estimate of drug-likeness (QED) is 0.317. The average Bonchev–Trinajstić information content (AvgIpc) is 2.75. The first-order valence-electron chi connectivity index (χ1n) is 8.97. The standard InChI is InChI=1S/C22H16BrCl2N3O3/c23-16-6-4-15(5-7-16)22(30)28-26-12-14-2-1-3-18(10-14)31-13-21(29)27-17-8-9-19(24)20(25)11-17/h1-12H,13H2,(H,27,29)(H,28,30)/b26-12+. The number of carbonyl (C=O) groups is 2. The lowest BCUT2D eigenvalue weighted by Gasteiger charge is -2.08. The van der Waals surface area contributed by atoms with E-state index in [1.54, 1.807) is 66.7 Å². The Kier molecular flexibility index (Phi) is 8.06. The van der Waals surface area contributed by atoms with Crippen molar-refractivity contribution in [2.75, 3.05) is 11.9 Å². The number of nitrogens with zero attached hydrogens (tertiary/aromatic N) is 1. The normalized spacial score (nSPS) is 10.7. The molecule has 2 amide bonds. The molecule has 0 radical (unpaired) electrons. The third-order valence-electron chi connectivity index (χ3n) is 3.92. The summed E-state index contributed by atoms with van der Waals surface area (Å²) in [7, 11) is 0. The van der Waals surface area contributed by atoms with E-state index >= 15 is 0 Å². The van der Waals surface area contributed by atoms with E-state index in [2.05, 4.69) is 31.8 Å². The fourth-order valence-corrected chi connectivity index (χ4v) is 3.00. The van der Waals surface area contributed by atoms with E-state index in [4.69, 9.17) is 27.9 Å². The third kappa shape index (κ3) is 7.10. The highest BCUT2D eigenvalue weighted by atomic mass is 79.9. The molecule has 0 heterocycles. The van der Waals surface area contributed by atoms with Crippen LogP contribution in [-0.2, 0) is 4.79 Å². The predicted octanol–water partition coefficient (Wildman–Crippen LogP) is 5.54. The van der Waals surface area contributed by atoms with Gasteiger partial charge in [-0.05, 0) is 60.2 Å². The molecule has 0 aromatic heterocycles. The summed E-state index contributed by atoms with van der Waals surface area (Å²) in [5, 5.41) is 7.38. The first-order valence-corrected chi connectivity index (χ1v) is 10.5. The average molecular weight is 521 g/mol. The molecule has 0 aliphatic heterocycles. The fraction of sp³-hybridized carbons (Fsp3) is 0.0455. The lowest BCUT2D eigenvalue weighted by molar-refractivity contribution is -0.118. The first-order chi connectivity index (χ1) is 14.9. The summed E-state index contributed by atoms with van der Waals surface area (Å²) in [6.07, 6.45) is 1.49. The topological polar surface area (TPSA) is 79.8 Å². The van der Waals surface area contributed by atoms with E-state index in [1.165, 1.54) is 6.21 Å². The number of carbonyl (C=O) groups excluding carboxylic acids is 2. The maximum absolute atomic E-state index is 12.1. The van der Waals surface area contributed by atoms with Gasteiger partial charge >= 0.3 is 0 Å². The number of amides is 2. The molecule has 3 aromatic rings. The van der Waals surface area contributed by atoms with Crippen molar-refractivity contribution in [2.45, 2.75) is 0 Å². The van der Waals surface area contributed by atoms with Gasteiger partial charge in [-0.3, -0.25) is 9.59 Å². The molecule has 0 aliphatic carbocycles. The zero-order valence-electron chi connectivity index (χ0n) is 15.9. The number of ether oxygens (including phenoxy) is 1. The summed E-state index contributed by atoms with van der Waals surface area (Å²) < 4.78 is 6.40. The molecule has 0 bridgehead atoms. The SMILES string of the molecule is O=C(COc1cccc(/C=N/NC(=O)c2ccc(Br)cc2)c1)Nc1ccc(Cl)c(Cl)c1. The van der Waals surface area contributed by atoms with Gasteiger partial charge in [0, 0.05) is 15.7 Å². The second kappa shape index (κ2) is 10.9. The Morgan fingerprint density at radius 1 is 1.00 bits per heavy atom. The van der Waals surface area contributed by atoms with Gasteiger partial charge in [0.25, 0.3) is 11.8 Å². The molecule has 0 unspecified atom stereocenters. The van der Waals surface area contributed by atoms with Crippen molar-refractivity contribution in [2.24, 2.45) is 5.10 Å². The van der Waals surface area contributed by atoms with E-state index in [-0.39, 0.29) is 18.4 Å². The Bertz CT molecular complexity index is 1120. The Morgan fingerprint density at radius 3 is 2.52 bits per heavy atom. The number of halogens is 3. The molecular weight excluding hydrogens is 505 g/mol. The van der Waals surface area contributed by atoms with Gasteiger partial charge in [0.1, 0.15) is 5.75 Å². The van der Waals surface area contributed by atoms with Crippen LogP contribution in [0.1, 0.15) is 15.9 Å². The number of rotatable bonds is 7. The predicted molar refractivity (Wildman–Crippen MR) is 126 cm³/mol. The Hall–Kier alpha value is -2.87. The molecule has 0 aliphatic rings. The highest BCUT2D eigenvalue weighted by Crippen LogP contribution is 2.25. The number of hydrazone groups is 1. The van der Waals surface area contributed by atoms with Crippen LogP contribution in [0.4, 0.5) is 5.69 Å². The van der Waals surface area contributed by atoms with Crippen molar-refractivity contribution in [3.63, 3.8) is 0 Å². The van der Waals surface area contributed by atoms with Crippen LogP contribution >= 0.6 is 39.1 Å². The largest absolute Gasteiger partial charge is 0.484 e. The van der Waals surface area contributed by atoms with Gasteiger partial charge in [-0.15, -0.1) is 0 Å². The van der Waals surface area contributed by atoms with E-state index in [0.717, 1.165) is 4.47 Å². The Labute approximate surface area is 197 Å². The summed E-state index contributed by atoms with van der Waals surface area (Å²) in [6, 6.07) is 18.7. The lowest BCUT2D eigenvalue weighted by atomic mass is 10.2. The Balaban J connectivity index is 1.51. The van der Waals surface area contributed by atoms with Crippen molar-refractivity contribution in [1.29, 1.82) is 0 Å². The van der Waals surface area contributed by atoms with E-state index in [0.29, 0.717) is 32.6 Å². The molecule has 3 aromatic carbocycles. The van der Waals surface area contributed by atoms with Crippen LogP contribution in [0.25, 0.3) is 0 Å². The maximum Gasteiger partial charge on any atom is 0.271 e. The smallest absolute Gasteiger partial charge is 0.271 e. The molecule has 6 nitrogen and oxygen atoms in total. The molecule has 0 saturated heterocycles. The minimum absolute atomic E-state index is 0.193. The van der Waals surface area contributed by atoms with Gasteiger partial charge < -0.3 is 10.1 Å². The van der Waals surface area contributed by atoms with Crippen molar-refractivity contribution in [1.82, 2.24) is 5.43 Å². The molecule has 0 spiro atoms. The number of nitrogens with one attached hydrogen (secondary N) is 2. The molecule has 0 saturated carbocycles. The summed E-state index contributed by atoms with van der Waals surface area (Å²) in [5.41, 5.74) is 4.17. The lowest BCUT2D eigenvalue weighted by Crippen LogP contribution is -2.20. The molecule has 3 rings (SSSR count). The van der Waals surface area contributed by atoms with Crippen molar-refractivity contribution >= 4 is 62.8 Å². The van der Waals surface area contributed by atoms with Gasteiger partial charge in [0.2, 0.25) is 0 Å². The molecular formula is C22H16BrCl2N3O3. The van der Waals surface area contributed by atoms with Crippen LogP contribution in [0.15, 0.2) is 76.3 Å². The summed E-state index contributed by atoms with van der Waals surface area (Å²) >= 11 is 15.1. The molecule has 0 fully saturated rings. The fourth-order valence-electron chi connectivity index (χ4n) is 2.44. The third-order valence-corrected chi connectivity index (χ3v) is 5.19. The highest BCUT2D eigenvalue weighted by Gasteiger charge is 2.07. The number of hydrogen-bond acceptors (Lipinski definition) is 4. The minimum atomic E-state index is -0.348. The number of anilines is 1. The molecule has 31 heavy (non-hydrogen) atoms. The monoisotopic (exact) mass is 519 g/mol. The first kappa shape index (κ1) is 22.8. The molecule has 2 N–H and O–H groups in total. The summed E-state index contributed by atoms with van der Waals surface area (Å²) in [4.78, 5) is 24.1. The summed E-state index contributed by atoms with van der Waals surface area (Å²) in [6.45, 7) is -0.193. The van der Waals surface area contributed by atoms with Gasteiger partial charge in [-0.1, -0.05) is 51.3 Å². The van der Waals surface area contributed by atoms with Crippen LogP contribution in [-0.4, -0.2) is 24.6 Å². The molecule has 0 atom stereocenters. The van der Waals surface area contributed by atoms with Crippen LogP contribution in [0, 0.1) is 0 Å². The van der Waals surface area contributed by atoms with Crippen LogP contribution in [0.3, 0.4) is 0 Å². The summed E-state index contributed by atoms with van der Waals surface area (Å²) in [5.74, 6) is -0.193. The van der Waals surface area contributed by atoms with E-state index < -0.39 is 0 Å². The van der Waals surface area contributed by atoms with E-state index in [1.807, 2.05) is 0 Å². The van der Waals surface area contributed by atoms with Gasteiger partial charge in [-0.2, -0.15) is 5.10 Å². The van der Waals surface area contributed by atoms with Crippen molar-refractivity contribution in [3.8, 4) is 5.75 Å². The molecule has 158 valence electrons. The number of hydrogen-bond donors (Lipinski definition) is 2. The van der Waals surface area contributed by atoms with Crippen LogP contribution < -0.4 is 15.5 Å². The van der Waals surface area contributed by atoms with Crippen molar-refractivity contribution in [3.05, 3.63) is 92.4 Å². The second-order valence-corrected chi connectivity index (χ2v) is 7.97. The van der Waals surface area contributed by atoms with Crippen molar-refractivity contribution < 1.29 is 14.3 Å². The Morgan fingerprint density at radius 2 is 1.77 bits per heavy atom. The van der Waals surface area contributed by atoms with Gasteiger partial charge in [0.15, 0.2) is 6.61 Å². The van der Waals surface area contributed by atoms with E-state index in [9.17, 15) is 9.59 Å². The zero-order chi connectivity index (χ0) is 22.2. The zero-order valence-corrected chi connectivity index (χ0v) is 19.0. The van der Waals surface area contributed by atoms with Gasteiger partial charge in [0.05, 0.1) is 16.3 Å². The number of benzene rings is 3. The van der Waals surface area contributed by atoms with Gasteiger partial charge in [-0.25, -0.2) is 5.43 Å². The van der Waals surface area contributed by atoms with Crippen LogP contribution in [0.5, 0.6) is 5.75 Å².